The number of aromatic nitrogens is 1. The second-order valence-electron chi connectivity index (χ2n) is 11.6. The molecule has 3 amide bonds. The van der Waals surface area contributed by atoms with Gasteiger partial charge in [-0.05, 0) is 80.2 Å². The van der Waals surface area contributed by atoms with Gasteiger partial charge in [0, 0.05) is 24.7 Å². The normalized spacial score (nSPS) is 33.2. The average Bonchev–Trinajstić information content (AvgIpc) is 3.66. The number of likely N-dealkylation sites (tertiary alicyclic amines) is 1. The van der Waals surface area contributed by atoms with E-state index < -0.39 is 24.5 Å². The van der Waals surface area contributed by atoms with Crippen molar-refractivity contribution in [1.29, 1.82) is 0 Å². The number of aliphatic hydroxyl groups is 1. The van der Waals surface area contributed by atoms with E-state index in [-0.39, 0.29) is 41.9 Å². The molecule has 36 heavy (non-hydrogen) atoms. The summed E-state index contributed by atoms with van der Waals surface area (Å²) in [5, 5.41) is 15.1. The molecule has 3 unspecified atom stereocenters. The molecule has 2 saturated heterocycles. The van der Waals surface area contributed by atoms with Gasteiger partial charge in [-0.3, -0.25) is 19.2 Å². The molecule has 1 aromatic rings. The molecule has 4 fully saturated rings. The van der Waals surface area contributed by atoms with Crippen LogP contribution < -0.4 is 10.6 Å². The Morgan fingerprint density at radius 3 is 2.69 bits per heavy atom. The lowest BCUT2D eigenvalue weighted by Crippen LogP contribution is -2.53. The van der Waals surface area contributed by atoms with E-state index in [0.717, 1.165) is 25.7 Å². The molecule has 0 bridgehead atoms. The van der Waals surface area contributed by atoms with Gasteiger partial charge < -0.3 is 25.6 Å². The van der Waals surface area contributed by atoms with Crippen molar-refractivity contribution in [3.63, 3.8) is 0 Å². The summed E-state index contributed by atoms with van der Waals surface area (Å²) in [4.78, 5) is 57.1. The first-order valence-corrected chi connectivity index (χ1v) is 13.7. The second kappa shape index (κ2) is 9.32. The van der Waals surface area contributed by atoms with Crippen LogP contribution in [0.4, 0.5) is 0 Å². The van der Waals surface area contributed by atoms with Crippen LogP contribution in [0.5, 0.6) is 0 Å². The van der Waals surface area contributed by atoms with Gasteiger partial charge in [-0.25, -0.2) is 0 Å². The van der Waals surface area contributed by atoms with E-state index in [2.05, 4.69) is 15.6 Å². The molecule has 2 saturated carbocycles. The Hall–Kier alpha value is -2.68. The van der Waals surface area contributed by atoms with E-state index in [4.69, 9.17) is 0 Å². The van der Waals surface area contributed by atoms with Gasteiger partial charge in [0.2, 0.25) is 11.8 Å². The highest BCUT2D eigenvalue weighted by Gasteiger charge is 2.50. The van der Waals surface area contributed by atoms with Crippen LogP contribution in [0.1, 0.15) is 79.0 Å². The van der Waals surface area contributed by atoms with Crippen LogP contribution in [0.3, 0.4) is 0 Å². The van der Waals surface area contributed by atoms with Gasteiger partial charge in [0.05, 0.1) is 6.04 Å². The Labute approximate surface area is 210 Å². The predicted octanol–water partition coefficient (Wildman–Crippen LogP) is 1.27. The van der Waals surface area contributed by atoms with Crippen molar-refractivity contribution in [2.45, 2.75) is 75.8 Å². The number of amides is 3. The Morgan fingerprint density at radius 2 is 1.92 bits per heavy atom. The van der Waals surface area contributed by atoms with Crippen LogP contribution in [-0.2, 0) is 20.8 Å². The van der Waals surface area contributed by atoms with Crippen LogP contribution in [0.25, 0.3) is 0 Å². The highest BCUT2D eigenvalue weighted by molar-refractivity contribution is 5.98. The quantitative estimate of drug-likeness (QED) is 0.451. The molecule has 9 nitrogen and oxygen atoms in total. The summed E-state index contributed by atoms with van der Waals surface area (Å²) in [7, 11) is 0. The zero-order valence-electron chi connectivity index (χ0n) is 20.6. The van der Waals surface area contributed by atoms with Crippen molar-refractivity contribution in [3.05, 3.63) is 23.0 Å². The minimum Gasteiger partial charge on any atom is -0.389 e. The van der Waals surface area contributed by atoms with Gasteiger partial charge in [-0.15, -0.1) is 0 Å². The number of ketones is 1. The number of aromatic amines is 1. The number of H-pyrrole nitrogens is 1. The zero-order valence-corrected chi connectivity index (χ0v) is 20.6. The van der Waals surface area contributed by atoms with E-state index in [1.165, 1.54) is 30.5 Å². The molecule has 194 valence electrons. The molecule has 4 N–H and O–H groups in total. The maximum Gasteiger partial charge on any atom is 0.270 e. The third-order valence-corrected chi connectivity index (χ3v) is 9.65. The standard InChI is InChI=1S/C27H36N4O5/c32-13-23(33)21(10-15-7-8-28-25(15)34)30-26(35)24-18-6-2-4-16(18)12-31(24)27(36)22-11-19-17-5-1-3-14(17)9-20(19)29-22/h11,14-18,21,24,29,32H,1-10,12-13H2,(H,28,34)(H,30,35)/t14?,15-,16-,17?,18-,21?,24-/m0/s1. The Morgan fingerprint density at radius 1 is 1.11 bits per heavy atom. The first kappa shape index (κ1) is 23.7. The fourth-order valence-corrected chi connectivity index (χ4v) is 7.88. The molecule has 6 rings (SSSR count). The van der Waals surface area contributed by atoms with Crippen molar-refractivity contribution >= 4 is 23.5 Å². The smallest absolute Gasteiger partial charge is 0.270 e. The SMILES string of the molecule is O=C(CO)C(C[C@@H]1CCNC1=O)NC(=O)[C@@H]1[C@H]2CCC[C@H]2CN1C(=O)c1cc2c([nH]1)CC1CCCC21. The molecule has 9 heteroatoms. The lowest BCUT2D eigenvalue weighted by molar-refractivity contribution is -0.133. The summed E-state index contributed by atoms with van der Waals surface area (Å²) in [6, 6.07) is 0.434. The first-order chi connectivity index (χ1) is 17.4. The number of rotatable bonds is 7. The van der Waals surface area contributed by atoms with Crippen molar-refractivity contribution < 1.29 is 24.3 Å². The monoisotopic (exact) mass is 496 g/mol. The summed E-state index contributed by atoms with van der Waals surface area (Å²) in [5.74, 6) is 0.0918. The lowest BCUT2D eigenvalue weighted by atomic mass is 9.92. The number of hydrogen-bond acceptors (Lipinski definition) is 5. The van der Waals surface area contributed by atoms with E-state index in [1.807, 2.05) is 6.07 Å². The third-order valence-electron chi connectivity index (χ3n) is 9.65. The fraction of sp³-hybridized carbons (Fsp3) is 0.704. The first-order valence-electron chi connectivity index (χ1n) is 13.7. The second-order valence-corrected chi connectivity index (χ2v) is 11.6. The molecular weight excluding hydrogens is 460 g/mol. The van der Waals surface area contributed by atoms with E-state index in [0.29, 0.717) is 37.0 Å². The van der Waals surface area contributed by atoms with Gasteiger partial charge in [-0.1, -0.05) is 12.8 Å². The van der Waals surface area contributed by atoms with Crippen LogP contribution in [0, 0.1) is 23.7 Å². The minimum atomic E-state index is -0.942. The van der Waals surface area contributed by atoms with Crippen molar-refractivity contribution in [2.24, 2.45) is 23.7 Å². The summed E-state index contributed by atoms with van der Waals surface area (Å²) < 4.78 is 0. The molecule has 5 aliphatic rings. The van der Waals surface area contributed by atoms with Gasteiger partial charge in [0.25, 0.3) is 5.91 Å². The molecule has 0 spiro atoms. The Kier molecular flexibility index (Phi) is 6.14. The third kappa shape index (κ3) is 3.96. The highest BCUT2D eigenvalue weighted by Crippen LogP contribution is 2.49. The number of fused-ring (bicyclic) bond motifs is 4. The van der Waals surface area contributed by atoms with Gasteiger partial charge >= 0.3 is 0 Å². The molecule has 0 radical (unpaired) electrons. The molecule has 7 atom stereocenters. The molecular formula is C27H36N4O5. The summed E-state index contributed by atoms with van der Waals surface area (Å²) in [6.45, 7) is 0.393. The minimum absolute atomic E-state index is 0.0645. The predicted molar refractivity (Wildman–Crippen MR) is 130 cm³/mol. The lowest BCUT2D eigenvalue weighted by Gasteiger charge is -2.29. The summed E-state index contributed by atoms with van der Waals surface area (Å²) in [6.07, 6.45) is 8.35. The maximum absolute atomic E-state index is 13.7. The van der Waals surface area contributed by atoms with Crippen LogP contribution >= 0.6 is 0 Å². The van der Waals surface area contributed by atoms with Gasteiger partial charge in [0.15, 0.2) is 5.78 Å². The number of hydrogen-bond donors (Lipinski definition) is 4. The molecule has 0 aromatic carbocycles. The van der Waals surface area contributed by atoms with E-state index >= 15 is 0 Å². The number of Topliss-reactive ketones (excluding diaryl/α,β-unsaturated/α-hetero) is 1. The number of aliphatic hydroxyl groups excluding tert-OH is 1. The summed E-state index contributed by atoms with van der Waals surface area (Å²) in [5.41, 5.74) is 3.02. The highest BCUT2D eigenvalue weighted by atomic mass is 16.3. The molecule has 2 aliphatic heterocycles. The van der Waals surface area contributed by atoms with Crippen molar-refractivity contribution in [3.8, 4) is 0 Å². The van der Waals surface area contributed by atoms with Gasteiger partial charge in [-0.2, -0.15) is 0 Å². The number of nitrogens with zero attached hydrogens (tertiary/aromatic N) is 1. The maximum atomic E-state index is 13.7. The molecule has 3 heterocycles. The van der Waals surface area contributed by atoms with Crippen molar-refractivity contribution in [1.82, 2.24) is 20.5 Å². The zero-order chi connectivity index (χ0) is 25.0. The fourth-order valence-electron chi connectivity index (χ4n) is 7.88. The van der Waals surface area contributed by atoms with Crippen LogP contribution in [0.15, 0.2) is 6.07 Å². The molecule has 3 aliphatic carbocycles. The number of nitrogens with one attached hydrogen (secondary N) is 3. The topological polar surface area (TPSA) is 132 Å². The largest absolute Gasteiger partial charge is 0.389 e. The number of carbonyl (C=O) groups excluding carboxylic acids is 4. The van der Waals surface area contributed by atoms with Gasteiger partial charge in [0.1, 0.15) is 18.3 Å². The Balaban J connectivity index is 1.21. The van der Waals surface area contributed by atoms with Crippen LogP contribution in [-0.4, -0.2) is 70.3 Å². The Bertz CT molecular complexity index is 1080. The molecule has 1 aromatic heterocycles. The van der Waals surface area contributed by atoms with E-state index in [9.17, 15) is 24.3 Å². The summed E-state index contributed by atoms with van der Waals surface area (Å²) >= 11 is 0. The van der Waals surface area contributed by atoms with Crippen LogP contribution in [0.2, 0.25) is 0 Å². The number of carbonyl (C=O) groups is 4. The van der Waals surface area contributed by atoms with E-state index in [1.54, 1.807) is 4.90 Å². The average molecular weight is 497 g/mol. The van der Waals surface area contributed by atoms with Crippen molar-refractivity contribution in [2.75, 3.05) is 19.7 Å².